The van der Waals surface area contributed by atoms with Crippen molar-refractivity contribution in [1.29, 1.82) is 0 Å². The fourth-order valence-corrected chi connectivity index (χ4v) is 3.29. The Morgan fingerprint density at radius 1 is 1.15 bits per heavy atom. The monoisotopic (exact) mass is 304 g/mol. The minimum atomic E-state index is -4.26. The van der Waals surface area contributed by atoms with Crippen LogP contribution in [-0.4, -0.2) is 16.1 Å². The molecule has 0 fully saturated rings. The molecule has 114 valence electrons. The van der Waals surface area contributed by atoms with Gasteiger partial charge in [-0.3, -0.25) is 0 Å². The zero-order chi connectivity index (χ0) is 15.2. The lowest BCUT2D eigenvalue weighted by Gasteiger charge is -2.31. The molecule has 0 amide bonds. The summed E-state index contributed by atoms with van der Waals surface area (Å²) in [6.45, 7) is 4.21. The second-order valence-corrected chi connectivity index (χ2v) is 5.55. The van der Waals surface area contributed by atoms with Gasteiger partial charge in [-0.1, -0.05) is 32.0 Å². The second-order valence-electron chi connectivity index (χ2n) is 5.15. The molecular formula is C15H23F3OSi. The summed E-state index contributed by atoms with van der Waals surface area (Å²) in [6.07, 6.45) is 0.0669. The first-order valence-corrected chi connectivity index (χ1v) is 7.90. The molecule has 0 saturated carbocycles. The fraction of sp³-hybridized carbons (Fsp3) is 0.600. The Hall–Kier alpha value is -0.813. The van der Waals surface area contributed by atoms with Crippen LogP contribution in [0.2, 0.25) is 0 Å². The summed E-state index contributed by atoms with van der Waals surface area (Å²) in [4.78, 5) is 0. The van der Waals surface area contributed by atoms with Gasteiger partial charge in [0.05, 0.1) is 11.2 Å². The van der Waals surface area contributed by atoms with E-state index in [0.717, 1.165) is 37.3 Å². The van der Waals surface area contributed by atoms with Gasteiger partial charge in [0, 0.05) is 0 Å². The number of aryl methyl sites for hydroxylation is 1. The number of benzene rings is 1. The zero-order valence-corrected chi connectivity index (χ0v) is 14.4. The van der Waals surface area contributed by atoms with E-state index in [2.05, 4.69) is 13.8 Å². The minimum absolute atomic E-state index is 0.0755. The van der Waals surface area contributed by atoms with Crippen molar-refractivity contribution in [2.45, 2.75) is 57.7 Å². The van der Waals surface area contributed by atoms with E-state index in [-0.39, 0.29) is 5.60 Å². The summed E-state index contributed by atoms with van der Waals surface area (Å²) in [5.74, 6) is 0. The van der Waals surface area contributed by atoms with Crippen LogP contribution < -0.4 is 0 Å². The maximum Gasteiger partial charge on any atom is 0.416 e. The van der Waals surface area contributed by atoms with Crippen molar-refractivity contribution in [1.82, 2.24) is 0 Å². The third-order valence-corrected chi connectivity index (χ3v) is 4.94. The maximum atomic E-state index is 12.6. The van der Waals surface area contributed by atoms with Crippen molar-refractivity contribution in [3.05, 3.63) is 35.4 Å². The number of hydrogen-bond acceptors (Lipinski definition) is 1. The van der Waals surface area contributed by atoms with E-state index in [0.29, 0.717) is 16.9 Å². The predicted octanol–water partition coefficient (Wildman–Crippen LogP) is 3.88. The number of rotatable bonds is 7. The number of halogens is 3. The summed E-state index contributed by atoms with van der Waals surface area (Å²) in [5.41, 5.74) is 0.106. The van der Waals surface area contributed by atoms with Crippen molar-refractivity contribution in [2.75, 3.05) is 0 Å². The Morgan fingerprint density at radius 3 is 2.30 bits per heavy atom. The minimum Gasteiger partial charge on any atom is -0.422 e. The molecule has 0 unspecified atom stereocenters. The van der Waals surface area contributed by atoms with Gasteiger partial charge in [0.15, 0.2) is 0 Å². The predicted molar refractivity (Wildman–Crippen MR) is 78.7 cm³/mol. The van der Waals surface area contributed by atoms with Gasteiger partial charge in [-0.05, 0) is 43.7 Å². The average Bonchev–Trinajstić information content (AvgIpc) is 2.44. The van der Waals surface area contributed by atoms with Gasteiger partial charge < -0.3 is 4.43 Å². The largest absolute Gasteiger partial charge is 0.422 e. The molecule has 0 atom stereocenters. The molecule has 0 bridgehead atoms. The lowest BCUT2D eigenvalue weighted by molar-refractivity contribution is -0.137. The molecule has 0 saturated heterocycles. The van der Waals surface area contributed by atoms with Gasteiger partial charge in [-0.2, -0.15) is 13.2 Å². The lowest BCUT2D eigenvalue weighted by Crippen LogP contribution is -2.30. The molecule has 0 radical (unpaired) electrons. The Morgan fingerprint density at radius 2 is 1.80 bits per heavy atom. The summed E-state index contributed by atoms with van der Waals surface area (Å²) < 4.78 is 43.6. The topological polar surface area (TPSA) is 9.23 Å². The van der Waals surface area contributed by atoms with Crippen molar-refractivity contribution < 1.29 is 17.6 Å². The quantitative estimate of drug-likeness (QED) is 0.695. The highest BCUT2D eigenvalue weighted by molar-refractivity contribution is 5.98. The average molecular weight is 304 g/mol. The molecule has 0 aliphatic carbocycles. The molecular weight excluding hydrogens is 281 g/mol. The first-order chi connectivity index (χ1) is 9.37. The van der Waals surface area contributed by atoms with Crippen LogP contribution >= 0.6 is 0 Å². The van der Waals surface area contributed by atoms with Crippen LogP contribution in [0.3, 0.4) is 0 Å². The zero-order valence-electron chi connectivity index (χ0n) is 12.4. The number of alkyl halides is 3. The van der Waals surface area contributed by atoms with Crippen LogP contribution in [0.15, 0.2) is 24.3 Å². The van der Waals surface area contributed by atoms with Crippen molar-refractivity contribution in [3.63, 3.8) is 0 Å². The Labute approximate surface area is 122 Å². The van der Waals surface area contributed by atoms with E-state index >= 15 is 0 Å². The van der Waals surface area contributed by atoms with E-state index in [4.69, 9.17) is 4.43 Å². The first kappa shape index (κ1) is 17.2. The van der Waals surface area contributed by atoms with E-state index in [1.54, 1.807) is 6.07 Å². The van der Waals surface area contributed by atoms with Gasteiger partial charge in [-0.15, -0.1) is 0 Å². The summed E-state index contributed by atoms with van der Waals surface area (Å²) in [7, 11) is 0.696. The van der Waals surface area contributed by atoms with Crippen molar-refractivity contribution in [2.24, 2.45) is 0 Å². The molecule has 0 N–H and O–H groups in total. The highest BCUT2D eigenvalue weighted by atomic mass is 28.2. The van der Waals surface area contributed by atoms with Crippen LogP contribution in [0.1, 0.15) is 50.7 Å². The van der Waals surface area contributed by atoms with Crippen LogP contribution in [0.25, 0.3) is 0 Å². The van der Waals surface area contributed by atoms with E-state index in [9.17, 15) is 13.2 Å². The molecule has 1 aromatic rings. The summed E-state index contributed by atoms with van der Waals surface area (Å²) in [6, 6.07) is 5.61. The van der Waals surface area contributed by atoms with E-state index in [1.807, 2.05) is 0 Å². The lowest BCUT2D eigenvalue weighted by atomic mass is 9.90. The highest BCUT2D eigenvalue weighted by Crippen LogP contribution is 2.30. The van der Waals surface area contributed by atoms with Crippen molar-refractivity contribution in [3.8, 4) is 0 Å². The molecule has 0 aromatic heterocycles. The molecule has 0 aliphatic rings. The number of hydrogen-bond donors (Lipinski definition) is 0. The van der Waals surface area contributed by atoms with Crippen molar-refractivity contribution >= 4 is 10.5 Å². The van der Waals surface area contributed by atoms with E-state index < -0.39 is 11.7 Å². The molecule has 1 nitrogen and oxygen atoms in total. The molecule has 0 aliphatic heterocycles. The highest BCUT2D eigenvalue weighted by Gasteiger charge is 2.30. The molecule has 0 heterocycles. The van der Waals surface area contributed by atoms with Gasteiger partial charge in [0.1, 0.15) is 10.5 Å². The van der Waals surface area contributed by atoms with Gasteiger partial charge in [0.25, 0.3) is 0 Å². The first-order valence-electron chi connectivity index (χ1n) is 7.08. The Balaban J connectivity index is 2.62. The van der Waals surface area contributed by atoms with Gasteiger partial charge in [-0.25, -0.2) is 0 Å². The summed E-state index contributed by atoms with van der Waals surface area (Å²) >= 11 is 0. The van der Waals surface area contributed by atoms with Crippen LogP contribution in [-0.2, 0) is 17.0 Å². The van der Waals surface area contributed by atoms with Gasteiger partial charge >= 0.3 is 6.18 Å². The van der Waals surface area contributed by atoms with Crippen LogP contribution in [0, 0.1) is 0 Å². The molecule has 1 aromatic carbocycles. The smallest absolute Gasteiger partial charge is 0.416 e. The molecule has 5 heteroatoms. The third-order valence-electron chi connectivity index (χ3n) is 4.07. The summed E-state index contributed by atoms with van der Waals surface area (Å²) in [5, 5.41) is 0. The maximum absolute atomic E-state index is 12.6. The van der Waals surface area contributed by atoms with Crippen LogP contribution in [0.5, 0.6) is 0 Å². The SMILES string of the molecule is CCC(CC)(CCCc1cccc(C(F)(F)F)c1)O[SiH3]. The standard InChI is InChI=1S/C15H23F3OSi/c1-3-14(4-2,19-20)10-6-8-12-7-5-9-13(11-12)15(16,17)18/h5,7,9,11H,3-4,6,8,10H2,1-2,20H3. The van der Waals surface area contributed by atoms with Crippen LogP contribution in [0.4, 0.5) is 13.2 Å². The normalized spacial score (nSPS) is 12.8. The Bertz CT molecular complexity index is 406. The van der Waals surface area contributed by atoms with E-state index in [1.165, 1.54) is 12.1 Å². The molecule has 0 spiro atoms. The molecule has 1 rings (SSSR count). The fourth-order valence-electron chi connectivity index (χ4n) is 2.51. The molecule has 20 heavy (non-hydrogen) atoms. The van der Waals surface area contributed by atoms with Gasteiger partial charge in [0.2, 0.25) is 0 Å². The second kappa shape index (κ2) is 7.27. The Kier molecular flexibility index (Phi) is 6.26. The third kappa shape index (κ3) is 4.63.